The largest absolute Gasteiger partial charge is 0.491 e. The molecule has 0 unspecified atom stereocenters. The number of fused-ring (bicyclic) bond motifs is 2. The van der Waals surface area contributed by atoms with Crippen LogP contribution in [0.15, 0.2) is 49.1 Å². The first-order valence-corrected chi connectivity index (χ1v) is 12.5. The van der Waals surface area contributed by atoms with Crippen LogP contribution in [0.4, 0.5) is 16.3 Å². The zero-order valence-corrected chi connectivity index (χ0v) is 21.0. The van der Waals surface area contributed by atoms with Gasteiger partial charge in [0.15, 0.2) is 11.5 Å². The average Bonchev–Trinajstić information content (AvgIpc) is 3.59. The van der Waals surface area contributed by atoms with Crippen molar-refractivity contribution >= 4 is 51.3 Å². The monoisotopic (exact) mass is 532 g/mol. The van der Waals surface area contributed by atoms with Gasteiger partial charge >= 0.3 is 6.09 Å². The summed E-state index contributed by atoms with van der Waals surface area (Å²) in [6.45, 7) is 1.25. The lowest BCUT2D eigenvalue weighted by Gasteiger charge is -2.26. The lowest BCUT2D eigenvalue weighted by molar-refractivity contribution is -0.119. The number of hydrogen-bond acceptors (Lipinski definition) is 8. The first-order valence-electron chi connectivity index (χ1n) is 12.5. The number of hydrogen-bond donors (Lipinski definition) is 5. The van der Waals surface area contributed by atoms with Crippen molar-refractivity contribution < 1.29 is 24.2 Å². The van der Waals surface area contributed by atoms with E-state index in [9.17, 15) is 14.4 Å². The third-order valence-electron chi connectivity index (χ3n) is 6.68. The van der Waals surface area contributed by atoms with Crippen molar-refractivity contribution in [1.29, 1.82) is 0 Å². The minimum atomic E-state index is -1.37. The maximum Gasteiger partial charge on any atom is 0.405 e. The predicted molar refractivity (Wildman–Crippen MR) is 144 cm³/mol. The SMILES string of the molecule is NC(=O)CC[C@H](NC(=O)O)C(=O)Nc1ccc2cccc(OC[C@H]3CCCN3c3ncnc4[nH]cnc34)c2c1. The number of nitrogens with one attached hydrogen (secondary N) is 3. The molecule has 13 nitrogen and oxygen atoms in total. The zero-order chi connectivity index (χ0) is 27.4. The molecule has 13 heteroatoms. The van der Waals surface area contributed by atoms with E-state index in [1.807, 2.05) is 24.3 Å². The number of aromatic nitrogens is 4. The van der Waals surface area contributed by atoms with Gasteiger partial charge in [0, 0.05) is 24.0 Å². The van der Waals surface area contributed by atoms with Gasteiger partial charge in [-0.25, -0.2) is 19.7 Å². The minimum Gasteiger partial charge on any atom is -0.491 e. The van der Waals surface area contributed by atoms with Crippen LogP contribution in [0, 0.1) is 0 Å². The van der Waals surface area contributed by atoms with Crippen LogP contribution >= 0.6 is 0 Å². The van der Waals surface area contributed by atoms with E-state index in [2.05, 4.69) is 35.5 Å². The van der Waals surface area contributed by atoms with E-state index in [-0.39, 0.29) is 18.9 Å². The van der Waals surface area contributed by atoms with Gasteiger partial charge in [-0.3, -0.25) is 9.59 Å². The third kappa shape index (κ3) is 5.81. The summed E-state index contributed by atoms with van der Waals surface area (Å²) in [5, 5.41) is 15.6. The third-order valence-corrected chi connectivity index (χ3v) is 6.68. The molecule has 2 atom stereocenters. The van der Waals surface area contributed by atoms with Gasteiger partial charge in [0.1, 0.15) is 30.2 Å². The number of carbonyl (C=O) groups is 3. The topological polar surface area (TPSA) is 188 Å². The Bertz CT molecular complexity index is 1520. The second kappa shape index (κ2) is 11.2. The van der Waals surface area contributed by atoms with Gasteiger partial charge < -0.3 is 36.1 Å². The van der Waals surface area contributed by atoms with Crippen molar-refractivity contribution in [2.75, 3.05) is 23.4 Å². The molecule has 1 fully saturated rings. The van der Waals surface area contributed by atoms with Crippen LogP contribution in [-0.2, 0) is 9.59 Å². The van der Waals surface area contributed by atoms with E-state index in [0.29, 0.717) is 23.7 Å². The molecule has 1 aliphatic heterocycles. The van der Waals surface area contributed by atoms with Crippen LogP contribution in [0.5, 0.6) is 5.75 Å². The molecule has 2 aromatic heterocycles. The molecular weight excluding hydrogens is 504 g/mol. The van der Waals surface area contributed by atoms with Crippen LogP contribution in [0.25, 0.3) is 21.9 Å². The molecule has 5 rings (SSSR count). The second-order valence-electron chi connectivity index (χ2n) is 9.29. The van der Waals surface area contributed by atoms with Gasteiger partial charge in [-0.05, 0) is 42.8 Å². The number of carboxylic acid groups (broad SMARTS) is 1. The standard InChI is InChI=1S/C26H28N8O5/c27-21(35)9-8-19(33-26(37)38)25(36)32-16-7-6-15-3-1-5-20(18(15)11-16)39-12-17-4-2-10-34(17)24-22-23(29-13-28-22)30-14-31-24/h1,3,5-7,11,13-14,17,19,33H,2,4,8-10,12H2,(H2,27,35)(H,32,36)(H,37,38)(H,28,29,30,31)/t17-,19+/m1/s1. The van der Waals surface area contributed by atoms with Gasteiger partial charge in [-0.1, -0.05) is 18.2 Å². The van der Waals surface area contributed by atoms with Crippen molar-refractivity contribution in [1.82, 2.24) is 25.3 Å². The Morgan fingerprint density at radius 2 is 2.08 bits per heavy atom. The van der Waals surface area contributed by atoms with Crippen LogP contribution in [-0.4, -0.2) is 68.2 Å². The number of aromatic amines is 1. The summed E-state index contributed by atoms with van der Waals surface area (Å²) < 4.78 is 6.31. The lowest BCUT2D eigenvalue weighted by atomic mass is 10.1. The van der Waals surface area contributed by atoms with Crippen LogP contribution < -0.4 is 26.0 Å². The highest BCUT2D eigenvalue weighted by Gasteiger charge is 2.29. The second-order valence-corrected chi connectivity index (χ2v) is 9.29. The summed E-state index contributed by atoms with van der Waals surface area (Å²) in [5.41, 5.74) is 7.04. The smallest absolute Gasteiger partial charge is 0.405 e. The Morgan fingerprint density at radius 1 is 1.21 bits per heavy atom. The zero-order valence-electron chi connectivity index (χ0n) is 21.0. The minimum absolute atomic E-state index is 0.0514. The fourth-order valence-corrected chi connectivity index (χ4v) is 4.82. The van der Waals surface area contributed by atoms with Crippen LogP contribution in [0.2, 0.25) is 0 Å². The van der Waals surface area contributed by atoms with Gasteiger partial charge in [-0.15, -0.1) is 0 Å². The average molecular weight is 533 g/mol. The summed E-state index contributed by atoms with van der Waals surface area (Å²) >= 11 is 0. The molecule has 0 bridgehead atoms. The van der Waals surface area contributed by atoms with Crippen molar-refractivity contribution in [3.8, 4) is 5.75 Å². The van der Waals surface area contributed by atoms with Crippen molar-refractivity contribution in [2.45, 2.75) is 37.8 Å². The summed E-state index contributed by atoms with van der Waals surface area (Å²) in [7, 11) is 0. The number of nitrogens with zero attached hydrogens (tertiary/aromatic N) is 4. The Labute approximate surface area is 222 Å². The Kier molecular flexibility index (Phi) is 7.39. The number of primary amides is 1. The quantitative estimate of drug-likeness (QED) is 0.204. The van der Waals surface area contributed by atoms with E-state index < -0.39 is 23.9 Å². The molecule has 6 N–H and O–H groups in total. The molecule has 1 saturated heterocycles. The van der Waals surface area contributed by atoms with Crippen LogP contribution in [0.3, 0.4) is 0 Å². The van der Waals surface area contributed by atoms with Gasteiger partial charge in [0.25, 0.3) is 0 Å². The van der Waals surface area contributed by atoms with E-state index in [0.717, 1.165) is 41.5 Å². The number of ether oxygens (including phenoxy) is 1. The Hall–Kier alpha value is -4.94. The molecule has 39 heavy (non-hydrogen) atoms. The molecule has 1 aliphatic rings. The number of carbonyl (C=O) groups excluding carboxylic acids is 2. The first-order chi connectivity index (χ1) is 18.9. The van der Waals surface area contributed by atoms with Gasteiger partial charge in [-0.2, -0.15) is 0 Å². The molecule has 3 amide bonds. The van der Waals surface area contributed by atoms with Crippen molar-refractivity contribution in [2.24, 2.45) is 5.73 Å². The lowest BCUT2D eigenvalue weighted by Crippen LogP contribution is -2.43. The van der Waals surface area contributed by atoms with E-state index in [1.54, 1.807) is 18.5 Å². The number of benzene rings is 2. The summed E-state index contributed by atoms with van der Waals surface area (Å²) in [6.07, 6.45) is 3.51. The summed E-state index contributed by atoms with van der Waals surface area (Å²) in [6, 6.07) is 10.0. The first kappa shape index (κ1) is 25.7. The number of amides is 3. The molecule has 2 aromatic carbocycles. The van der Waals surface area contributed by atoms with E-state index in [1.165, 1.54) is 6.33 Å². The Balaban J connectivity index is 1.32. The number of rotatable bonds is 10. The fourth-order valence-electron chi connectivity index (χ4n) is 4.82. The van der Waals surface area contributed by atoms with Crippen molar-refractivity contribution in [3.05, 3.63) is 49.1 Å². The van der Waals surface area contributed by atoms with E-state index in [4.69, 9.17) is 15.6 Å². The maximum absolute atomic E-state index is 12.8. The van der Waals surface area contributed by atoms with Crippen LogP contribution in [0.1, 0.15) is 25.7 Å². The molecule has 202 valence electrons. The Morgan fingerprint density at radius 3 is 2.90 bits per heavy atom. The molecular formula is C26H28N8O5. The van der Waals surface area contributed by atoms with Gasteiger partial charge in [0.2, 0.25) is 11.8 Å². The normalized spacial score (nSPS) is 15.8. The predicted octanol–water partition coefficient (Wildman–Crippen LogP) is 2.39. The number of H-pyrrole nitrogens is 1. The number of nitrogens with two attached hydrogens (primary N) is 1. The molecule has 3 heterocycles. The number of imidazole rings is 1. The molecule has 0 spiro atoms. The molecule has 0 radical (unpaired) electrons. The van der Waals surface area contributed by atoms with E-state index >= 15 is 0 Å². The molecule has 0 saturated carbocycles. The summed E-state index contributed by atoms with van der Waals surface area (Å²) in [5.74, 6) is 0.211. The maximum atomic E-state index is 12.8. The molecule has 0 aliphatic carbocycles. The summed E-state index contributed by atoms with van der Waals surface area (Å²) in [4.78, 5) is 53.4. The van der Waals surface area contributed by atoms with Crippen molar-refractivity contribution in [3.63, 3.8) is 0 Å². The highest BCUT2D eigenvalue weighted by Crippen LogP contribution is 2.31. The highest BCUT2D eigenvalue weighted by atomic mass is 16.5. The fraction of sp³-hybridized carbons (Fsp3) is 0.308. The number of anilines is 2. The van der Waals surface area contributed by atoms with Gasteiger partial charge in [0.05, 0.1) is 12.4 Å². The highest BCUT2D eigenvalue weighted by molar-refractivity contribution is 5.99. The molecule has 4 aromatic rings.